The average molecular weight is 245 g/mol. The van der Waals surface area contributed by atoms with Gasteiger partial charge in [0.05, 0.1) is 0 Å². The molecule has 84 valence electrons. The van der Waals surface area contributed by atoms with E-state index >= 15 is 0 Å². The molecule has 0 radical (unpaired) electrons. The van der Waals surface area contributed by atoms with Gasteiger partial charge in [-0.3, -0.25) is 0 Å². The van der Waals surface area contributed by atoms with Crippen molar-refractivity contribution in [1.82, 2.24) is 10.3 Å². The van der Waals surface area contributed by atoms with Crippen LogP contribution in [0.25, 0.3) is 0 Å². The third-order valence-electron chi connectivity index (χ3n) is 2.26. The first-order valence-electron chi connectivity index (χ1n) is 4.90. The number of hydrogen-bond donors (Lipinski definition) is 1. The van der Waals surface area contributed by atoms with Crippen LogP contribution >= 0.6 is 23.4 Å². The summed E-state index contributed by atoms with van der Waals surface area (Å²) in [6.45, 7) is 6.17. The summed E-state index contributed by atoms with van der Waals surface area (Å²) in [7, 11) is 0. The molecule has 0 saturated carbocycles. The summed E-state index contributed by atoms with van der Waals surface area (Å²) in [4.78, 5) is 4.03. The molecule has 15 heavy (non-hydrogen) atoms. The lowest BCUT2D eigenvalue weighted by molar-refractivity contribution is 0.590. The molecule has 0 aliphatic carbocycles. The molecule has 0 aromatic carbocycles. The predicted molar refractivity (Wildman–Crippen MR) is 68.5 cm³/mol. The van der Waals surface area contributed by atoms with E-state index in [0.29, 0.717) is 5.15 Å². The summed E-state index contributed by atoms with van der Waals surface area (Å²) in [6.07, 6.45) is 3.83. The van der Waals surface area contributed by atoms with Crippen LogP contribution in [0.15, 0.2) is 18.3 Å². The molecule has 0 unspecified atom stereocenters. The molecule has 0 fully saturated rings. The number of rotatable bonds is 5. The second-order valence-corrected chi connectivity index (χ2v) is 5.89. The number of hydrogen-bond acceptors (Lipinski definition) is 3. The van der Waals surface area contributed by atoms with Gasteiger partial charge in [-0.05, 0) is 26.2 Å². The summed E-state index contributed by atoms with van der Waals surface area (Å²) < 4.78 is 0.259. The number of thioether (sulfide) groups is 1. The Bertz CT molecular complexity index is 315. The maximum atomic E-state index is 5.95. The minimum absolute atomic E-state index is 0.259. The monoisotopic (exact) mass is 244 g/mol. The first-order chi connectivity index (χ1) is 7.05. The van der Waals surface area contributed by atoms with E-state index in [1.165, 1.54) is 0 Å². The van der Waals surface area contributed by atoms with E-state index < -0.39 is 0 Å². The molecule has 0 aliphatic heterocycles. The number of aromatic nitrogens is 1. The summed E-state index contributed by atoms with van der Waals surface area (Å²) in [5, 5.41) is 3.98. The van der Waals surface area contributed by atoms with Gasteiger partial charge in [0, 0.05) is 29.6 Å². The molecule has 1 rings (SSSR count). The predicted octanol–water partition coefficient (Wildman–Crippen LogP) is 2.97. The van der Waals surface area contributed by atoms with Crippen LogP contribution in [0.5, 0.6) is 0 Å². The van der Waals surface area contributed by atoms with E-state index in [4.69, 9.17) is 11.6 Å². The van der Waals surface area contributed by atoms with Gasteiger partial charge in [-0.25, -0.2) is 4.98 Å². The van der Waals surface area contributed by atoms with Crippen molar-refractivity contribution in [2.75, 3.05) is 12.8 Å². The van der Waals surface area contributed by atoms with E-state index in [2.05, 4.69) is 30.4 Å². The zero-order chi connectivity index (χ0) is 11.3. The lowest BCUT2D eigenvalue weighted by Gasteiger charge is -2.22. The van der Waals surface area contributed by atoms with E-state index in [1.54, 1.807) is 6.20 Å². The fourth-order valence-electron chi connectivity index (χ4n) is 1.12. The maximum Gasteiger partial charge on any atom is 0.133 e. The molecule has 0 bridgehead atoms. The van der Waals surface area contributed by atoms with Crippen LogP contribution in [-0.2, 0) is 6.54 Å². The van der Waals surface area contributed by atoms with Gasteiger partial charge in [0.2, 0.25) is 0 Å². The van der Waals surface area contributed by atoms with Gasteiger partial charge >= 0.3 is 0 Å². The van der Waals surface area contributed by atoms with E-state index in [0.717, 1.165) is 18.7 Å². The lowest BCUT2D eigenvalue weighted by Crippen LogP contribution is -2.31. The molecule has 0 aliphatic rings. The number of halogens is 1. The van der Waals surface area contributed by atoms with Gasteiger partial charge in [-0.1, -0.05) is 17.7 Å². The zero-order valence-electron chi connectivity index (χ0n) is 9.38. The summed E-state index contributed by atoms with van der Waals surface area (Å²) in [6, 6.07) is 3.90. The molecule has 4 heteroatoms. The second kappa shape index (κ2) is 5.73. The molecule has 1 heterocycles. The Morgan fingerprint density at radius 3 is 2.87 bits per heavy atom. The first-order valence-corrected chi connectivity index (χ1v) is 6.51. The van der Waals surface area contributed by atoms with Gasteiger partial charge in [-0.15, -0.1) is 0 Å². The van der Waals surface area contributed by atoms with Crippen LogP contribution in [0.1, 0.15) is 19.4 Å². The Kier molecular flexibility index (Phi) is 4.90. The molecule has 0 atom stereocenters. The van der Waals surface area contributed by atoms with Crippen LogP contribution in [-0.4, -0.2) is 22.5 Å². The number of nitrogens with zero attached hydrogens (tertiary/aromatic N) is 1. The molecule has 2 nitrogen and oxygen atoms in total. The molecular weight excluding hydrogens is 228 g/mol. The normalized spacial score (nSPS) is 11.7. The highest BCUT2D eigenvalue weighted by molar-refractivity contribution is 7.99. The molecular formula is C11H17ClN2S. The average Bonchev–Trinajstić information content (AvgIpc) is 2.21. The SMILES string of the molecule is CSC(C)(C)CNCc1cccnc1Cl. The first kappa shape index (κ1) is 12.8. The Hall–Kier alpha value is -0.250. The molecule has 1 aromatic heterocycles. The Morgan fingerprint density at radius 1 is 1.53 bits per heavy atom. The number of nitrogens with one attached hydrogen (secondary N) is 1. The standard InChI is InChI=1S/C11H17ClN2S/c1-11(2,15-3)8-13-7-9-5-4-6-14-10(9)12/h4-6,13H,7-8H2,1-3H3. The Morgan fingerprint density at radius 2 is 2.27 bits per heavy atom. The molecule has 0 spiro atoms. The zero-order valence-corrected chi connectivity index (χ0v) is 11.0. The summed E-state index contributed by atoms with van der Waals surface area (Å²) >= 11 is 7.81. The van der Waals surface area contributed by atoms with E-state index in [9.17, 15) is 0 Å². The Balaban J connectivity index is 2.42. The van der Waals surface area contributed by atoms with Crippen LogP contribution < -0.4 is 5.32 Å². The number of pyridine rings is 1. The van der Waals surface area contributed by atoms with Crippen molar-refractivity contribution in [3.63, 3.8) is 0 Å². The lowest BCUT2D eigenvalue weighted by atomic mass is 10.2. The smallest absolute Gasteiger partial charge is 0.133 e. The fraction of sp³-hybridized carbons (Fsp3) is 0.545. The van der Waals surface area contributed by atoms with Gasteiger partial charge < -0.3 is 5.32 Å². The van der Waals surface area contributed by atoms with Gasteiger partial charge in [0.25, 0.3) is 0 Å². The van der Waals surface area contributed by atoms with Crippen LogP contribution in [0.3, 0.4) is 0 Å². The third-order valence-corrected chi connectivity index (χ3v) is 3.84. The molecule has 1 aromatic rings. The highest BCUT2D eigenvalue weighted by atomic mass is 35.5. The molecule has 0 saturated heterocycles. The minimum atomic E-state index is 0.259. The van der Waals surface area contributed by atoms with Crippen LogP contribution in [0, 0.1) is 0 Å². The van der Waals surface area contributed by atoms with Gasteiger partial charge in [-0.2, -0.15) is 11.8 Å². The van der Waals surface area contributed by atoms with E-state index in [1.807, 2.05) is 23.9 Å². The van der Waals surface area contributed by atoms with Crippen molar-refractivity contribution < 1.29 is 0 Å². The third kappa shape index (κ3) is 4.41. The molecule has 1 N–H and O–H groups in total. The van der Waals surface area contributed by atoms with Gasteiger partial charge in [0.1, 0.15) is 5.15 Å². The van der Waals surface area contributed by atoms with Crippen molar-refractivity contribution in [3.8, 4) is 0 Å². The quantitative estimate of drug-likeness (QED) is 0.807. The van der Waals surface area contributed by atoms with Crippen LogP contribution in [0.4, 0.5) is 0 Å². The topological polar surface area (TPSA) is 24.9 Å². The van der Waals surface area contributed by atoms with Crippen molar-refractivity contribution in [3.05, 3.63) is 29.0 Å². The second-order valence-electron chi connectivity index (χ2n) is 4.02. The summed E-state index contributed by atoms with van der Waals surface area (Å²) in [5.41, 5.74) is 1.05. The minimum Gasteiger partial charge on any atom is -0.311 e. The Labute approximate surface area is 101 Å². The van der Waals surface area contributed by atoms with Crippen molar-refractivity contribution in [2.45, 2.75) is 25.1 Å². The highest BCUT2D eigenvalue weighted by Crippen LogP contribution is 2.20. The fourth-order valence-corrected chi connectivity index (χ4v) is 1.55. The van der Waals surface area contributed by atoms with Crippen molar-refractivity contribution in [1.29, 1.82) is 0 Å². The van der Waals surface area contributed by atoms with Crippen molar-refractivity contribution in [2.24, 2.45) is 0 Å². The van der Waals surface area contributed by atoms with E-state index in [-0.39, 0.29) is 4.75 Å². The largest absolute Gasteiger partial charge is 0.311 e. The van der Waals surface area contributed by atoms with Gasteiger partial charge in [0.15, 0.2) is 0 Å². The maximum absolute atomic E-state index is 5.95. The van der Waals surface area contributed by atoms with Crippen molar-refractivity contribution >= 4 is 23.4 Å². The van der Waals surface area contributed by atoms with Crippen LogP contribution in [0.2, 0.25) is 5.15 Å². The summed E-state index contributed by atoms with van der Waals surface area (Å²) in [5.74, 6) is 0. The molecule has 0 amide bonds. The highest BCUT2D eigenvalue weighted by Gasteiger charge is 2.14.